The van der Waals surface area contributed by atoms with Gasteiger partial charge in [0.15, 0.2) is 0 Å². The van der Waals surface area contributed by atoms with Crippen LogP contribution in [0.25, 0.3) is 0 Å². The van der Waals surface area contributed by atoms with E-state index in [1.807, 2.05) is 6.92 Å². The summed E-state index contributed by atoms with van der Waals surface area (Å²) < 4.78 is 4.90. The van der Waals surface area contributed by atoms with Gasteiger partial charge in [0.1, 0.15) is 0 Å². The predicted octanol–water partition coefficient (Wildman–Crippen LogP) is 1.19. The molecule has 1 aliphatic rings. The van der Waals surface area contributed by atoms with Crippen molar-refractivity contribution < 1.29 is 9.84 Å². The highest BCUT2D eigenvalue weighted by molar-refractivity contribution is 5.10. The fourth-order valence-corrected chi connectivity index (χ4v) is 0.649. The van der Waals surface area contributed by atoms with Crippen molar-refractivity contribution in [3.8, 4) is 0 Å². The van der Waals surface area contributed by atoms with Crippen LogP contribution < -0.4 is 0 Å². The fraction of sp³-hybridized carbons (Fsp3) is 0.429. The summed E-state index contributed by atoms with van der Waals surface area (Å²) in [5.41, 5.74) is 0. The zero-order chi connectivity index (χ0) is 6.74. The highest BCUT2D eigenvalue weighted by Gasteiger charge is 2.21. The summed E-state index contributed by atoms with van der Waals surface area (Å²) in [7, 11) is 0. The first-order chi connectivity index (χ1) is 4.27. The Morgan fingerprint density at radius 1 is 1.56 bits per heavy atom. The van der Waals surface area contributed by atoms with Crippen LogP contribution in [0.1, 0.15) is 13.3 Å². The molecule has 1 atom stereocenters. The zero-order valence-electron chi connectivity index (χ0n) is 5.37. The first-order valence-corrected chi connectivity index (χ1v) is 3.01. The third-order valence-electron chi connectivity index (χ3n) is 1.33. The van der Waals surface area contributed by atoms with Gasteiger partial charge < -0.3 is 9.84 Å². The third-order valence-corrected chi connectivity index (χ3v) is 1.33. The standard InChI is InChI=1S/C7H10O2/c1-2-7(8)5-3-4-6-9-7/h3-6,8H,2H2,1H3. The number of rotatable bonds is 1. The van der Waals surface area contributed by atoms with E-state index < -0.39 is 5.79 Å². The van der Waals surface area contributed by atoms with Crippen LogP contribution in [0.4, 0.5) is 0 Å². The van der Waals surface area contributed by atoms with Crippen molar-refractivity contribution in [3.63, 3.8) is 0 Å². The number of ether oxygens (including phenoxy) is 1. The maximum Gasteiger partial charge on any atom is 0.227 e. The van der Waals surface area contributed by atoms with E-state index in [0.717, 1.165) is 0 Å². The fourth-order valence-electron chi connectivity index (χ4n) is 0.649. The summed E-state index contributed by atoms with van der Waals surface area (Å²) in [6.45, 7) is 1.86. The summed E-state index contributed by atoms with van der Waals surface area (Å²) in [6, 6.07) is 0. The van der Waals surface area contributed by atoms with Crippen LogP contribution in [-0.4, -0.2) is 10.9 Å². The van der Waals surface area contributed by atoms with Gasteiger partial charge in [0.25, 0.3) is 0 Å². The van der Waals surface area contributed by atoms with E-state index >= 15 is 0 Å². The lowest BCUT2D eigenvalue weighted by Gasteiger charge is -2.23. The van der Waals surface area contributed by atoms with Gasteiger partial charge in [-0.3, -0.25) is 0 Å². The summed E-state index contributed by atoms with van der Waals surface area (Å²) >= 11 is 0. The van der Waals surface area contributed by atoms with Gasteiger partial charge in [-0.15, -0.1) is 0 Å². The lowest BCUT2D eigenvalue weighted by atomic mass is 10.2. The smallest absolute Gasteiger partial charge is 0.227 e. The van der Waals surface area contributed by atoms with Gasteiger partial charge in [-0.2, -0.15) is 0 Å². The monoisotopic (exact) mass is 126 g/mol. The molecule has 1 rings (SSSR count). The summed E-state index contributed by atoms with van der Waals surface area (Å²) in [5.74, 6) is -1.05. The van der Waals surface area contributed by atoms with Crippen LogP contribution in [0, 0.1) is 0 Å². The van der Waals surface area contributed by atoms with Gasteiger partial charge in [0.05, 0.1) is 6.26 Å². The predicted molar refractivity (Wildman–Crippen MR) is 34.6 cm³/mol. The number of hydrogen-bond acceptors (Lipinski definition) is 2. The van der Waals surface area contributed by atoms with Gasteiger partial charge in [0.2, 0.25) is 5.79 Å². The van der Waals surface area contributed by atoms with Crippen LogP contribution in [0.3, 0.4) is 0 Å². The number of allylic oxidation sites excluding steroid dienone is 2. The molecule has 0 radical (unpaired) electrons. The molecule has 0 saturated carbocycles. The Morgan fingerprint density at radius 3 is 2.67 bits per heavy atom. The molecular weight excluding hydrogens is 116 g/mol. The molecule has 0 spiro atoms. The molecule has 0 saturated heterocycles. The Labute approximate surface area is 54.5 Å². The van der Waals surface area contributed by atoms with E-state index in [2.05, 4.69) is 0 Å². The first-order valence-electron chi connectivity index (χ1n) is 3.01. The molecular formula is C7H10O2. The molecule has 1 unspecified atom stereocenters. The summed E-state index contributed by atoms with van der Waals surface area (Å²) in [6.07, 6.45) is 7.21. The SMILES string of the molecule is CCC1(O)C=CC=CO1. The maximum atomic E-state index is 9.32. The van der Waals surface area contributed by atoms with Crippen LogP contribution >= 0.6 is 0 Å². The zero-order valence-corrected chi connectivity index (χ0v) is 5.37. The Hall–Kier alpha value is -0.760. The molecule has 1 aliphatic heterocycles. The van der Waals surface area contributed by atoms with Gasteiger partial charge in [0, 0.05) is 6.42 Å². The largest absolute Gasteiger partial charge is 0.466 e. The molecule has 0 amide bonds. The van der Waals surface area contributed by atoms with Crippen molar-refractivity contribution in [2.45, 2.75) is 19.1 Å². The van der Waals surface area contributed by atoms with E-state index in [4.69, 9.17) is 4.74 Å². The van der Waals surface area contributed by atoms with Crippen molar-refractivity contribution in [1.29, 1.82) is 0 Å². The quantitative estimate of drug-likeness (QED) is 0.571. The molecule has 2 nitrogen and oxygen atoms in total. The minimum atomic E-state index is -1.05. The molecule has 1 heterocycles. The normalized spacial score (nSPS) is 32.2. The maximum absolute atomic E-state index is 9.32. The highest BCUT2D eigenvalue weighted by Crippen LogP contribution is 2.16. The second kappa shape index (κ2) is 2.23. The number of aliphatic hydroxyl groups is 1. The molecule has 50 valence electrons. The van der Waals surface area contributed by atoms with E-state index in [-0.39, 0.29) is 0 Å². The van der Waals surface area contributed by atoms with Gasteiger partial charge in [-0.05, 0) is 12.2 Å². The van der Waals surface area contributed by atoms with E-state index in [0.29, 0.717) is 6.42 Å². The van der Waals surface area contributed by atoms with Gasteiger partial charge >= 0.3 is 0 Å². The second-order valence-corrected chi connectivity index (χ2v) is 2.00. The molecule has 0 fully saturated rings. The Bertz CT molecular complexity index is 149. The highest BCUT2D eigenvalue weighted by atomic mass is 16.6. The first kappa shape index (κ1) is 6.36. The molecule has 0 aliphatic carbocycles. The third kappa shape index (κ3) is 1.33. The molecule has 0 aromatic carbocycles. The lowest BCUT2D eigenvalue weighted by Crippen LogP contribution is -2.27. The van der Waals surface area contributed by atoms with Crippen LogP contribution in [-0.2, 0) is 4.74 Å². The average Bonchev–Trinajstić information content (AvgIpc) is 1.90. The molecule has 1 N–H and O–H groups in total. The van der Waals surface area contributed by atoms with Gasteiger partial charge in [-0.25, -0.2) is 0 Å². The summed E-state index contributed by atoms with van der Waals surface area (Å²) in [5, 5.41) is 9.32. The molecule has 0 aromatic heterocycles. The van der Waals surface area contributed by atoms with Crippen molar-refractivity contribution in [1.82, 2.24) is 0 Å². The molecule has 2 heteroatoms. The van der Waals surface area contributed by atoms with Crippen LogP contribution in [0.15, 0.2) is 24.5 Å². The van der Waals surface area contributed by atoms with Gasteiger partial charge in [-0.1, -0.05) is 13.0 Å². The average molecular weight is 126 g/mol. The van der Waals surface area contributed by atoms with Crippen LogP contribution in [0.5, 0.6) is 0 Å². The van der Waals surface area contributed by atoms with Crippen molar-refractivity contribution in [3.05, 3.63) is 24.5 Å². The Balaban J connectivity index is 2.63. The van der Waals surface area contributed by atoms with E-state index in [9.17, 15) is 5.11 Å². The van der Waals surface area contributed by atoms with E-state index in [1.165, 1.54) is 6.26 Å². The Kier molecular flexibility index (Phi) is 1.58. The molecule has 0 aromatic rings. The minimum absolute atomic E-state index is 0.577. The second-order valence-electron chi connectivity index (χ2n) is 2.00. The topological polar surface area (TPSA) is 29.5 Å². The molecule has 9 heavy (non-hydrogen) atoms. The lowest BCUT2D eigenvalue weighted by molar-refractivity contribution is -0.129. The Morgan fingerprint density at radius 2 is 2.33 bits per heavy atom. The molecule has 0 bridgehead atoms. The van der Waals surface area contributed by atoms with Crippen LogP contribution in [0.2, 0.25) is 0 Å². The van der Waals surface area contributed by atoms with Crippen molar-refractivity contribution >= 4 is 0 Å². The number of hydrogen-bond donors (Lipinski definition) is 1. The summed E-state index contributed by atoms with van der Waals surface area (Å²) in [4.78, 5) is 0. The van der Waals surface area contributed by atoms with Crippen molar-refractivity contribution in [2.75, 3.05) is 0 Å². The van der Waals surface area contributed by atoms with Crippen molar-refractivity contribution in [2.24, 2.45) is 0 Å². The van der Waals surface area contributed by atoms with E-state index in [1.54, 1.807) is 18.2 Å². The minimum Gasteiger partial charge on any atom is -0.466 e.